The summed E-state index contributed by atoms with van der Waals surface area (Å²) in [5.41, 5.74) is 2.86. The molecule has 0 amide bonds. The zero-order chi connectivity index (χ0) is 19.2. The summed E-state index contributed by atoms with van der Waals surface area (Å²) < 4.78 is 8.15. The zero-order valence-electron chi connectivity index (χ0n) is 16.3. The molecule has 0 aliphatic heterocycles. The van der Waals surface area contributed by atoms with Gasteiger partial charge in [0.25, 0.3) is 0 Å². The van der Waals surface area contributed by atoms with Crippen LogP contribution in [0, 0.1) is 0 Å². The lowest BCUT2D eigenvalue weighted by Gasteiger charge is -2.06. The lowest BCUT2D eigenvalue weighted by molar-refractivity contribution is 0.125. The Morgan fingerprint density at radius 2 is 1.00 bits per heavy atom. The predicted octanol–water partition coefficient (Wildman–Crippen LogP) is 8.13. The molecule has 0 aliphatic rings. The Labute approximate surface area is 182 Å². The third-order valence-corrected chi connectivity index (χ3v) is 5.77. The SMILES string of the molecule is Brc1cccc(CCCCCCOCCCCCCc2cccc(Br)c2)c1. The molecule has 0 saturated heterocycles. The van der Waals surface area contributed by atoms with Crippen LogP contribution in [0.3, 0.4) is 0 Å². The van der Waals surface area contributed by atoms with Crippen LogP contribution in [0.15, 0.2) is 57.5 Å². The van der Waals surface area contributed by atoms with Gasteiger partial charge in [0.05, 0.1) is 0 Å². The first-order chi connectivity index (χ1) is 13.2. The highest BCUT2D eigenvalue weighted by molar-refractivity contribution is 9.10. The monoisotopic (exact) mass is 494 g/mol. The van der Waals surface area contributed by atoms with Crippen molar-refractivity contribution in [3.8, 4) is 0 Å². The maximum atomic E-state index is 5.78. The van der Waals surface area contributed by atoms with E-state index in [2.05, 4.69) is 80.4 Å². The second-order valence-corrected chi connectivity index (χ2v) is 9.03. The van der Waals surface area contributed by atoms with Crippen LogP contribution >= 0.6 is 31.9 Å². The highest BCUT2D eigenvalue weighted by Crippen LogP contribution is 2.15. The summed E-state index contributed by atoms with van der Waals surface area (Å²) in [5, 5.41) is 0. The second-order valence-electron chi connectivity index (χ2n) is 7.20. The van der Waals surface area contributed by atoms with Crippen LogP contribution in [-0.4, -0.2) is 13.2 Å². The second kappa shape index (κ2) is 14.4. The van der Waals surface area contributed by atoms with E-state index in [-0.39, 0.29) is 0 Å². The normalized spacial score (nSPS) is 11.0. The van der Waals surface area contributed by atoms with Crippen LogP contribution in [0.25, 0.3) is 0 Å². The van der Waals surface area contributed by atoms with Gasteiger partial charge >= 0.3 is 0 Å². The van der Waals surface area contributed by atoms with Gasteiger partial charge in [-0.3, -0.25) is 0 Å². The quantitative estimate of drug-likeness (QED) is 0.240. The molecular formula is C24H32Br2O. The minimum Gasteiger partial charge on any atom is -0.381 e. The number of aryl methyl sites for hydroxylation is 2. The topological polar surface area (TPSA) is 9.23 Å². The smallest absolute Gasteiger partial charge is 0.0466 e. The maximum absolute atomic E-state index is 5.78. The van der Waals surface area contributed by atoms with Crippen LogP contribution in [0.4, 0.5) is 0 Å². The number of rotatable bonds is 14. The van der Waals surface area contributed by atoms with Crippen molar-refractivity contribution in [2.24, 2.45) is 0 Å². The molecule has 0 saturated carbocycles. The Morgan fingerprint density at radius 3 is 1.44 bits per heavy atom. The third-order valence-electron chi connectivity index (χ3n) is 4.79. The minimum atomic E-state index is 0.926. The van der Waals surface area contributed by atoms with E-state index in [0.717, 1.165) is 13.2 Å². The van der Waals surface area contributed by atoms with E-state index in [1.165, 1.54) is 84.3 Å². The van der Waals surface area contributed by atoms with E-state index in [0.29, 0.717) is 0 Å². The molecule has 27 heavy (non-hydrogen) atoms. The van der Waals surface area contributed by atoms with Crippen LogP contribution in [0.2, 0.25) is 0 Å². The number of unbranched alkanes of at least 4 members (excludes halogenated alkanes) is 6. The Morgan fingerprint density at radius 1 is 0.556 bits per heavy atom. The maximum Gasteiger partial charge on any atom is 0.0466 e. The molecular weight excluding hydrogens is 464 g/mol. The third kappa shape index (κ3) is 11.1. The molecule has 0 fully saturated rings. The molecule has 0 heterocycles. The average Bonchev–Trinajstić information content (AvgIpc) is 2.65. The molecule has 0 N–H and O–H groups in total. The largest absolute Gasteiger partial charge is 0.381 e. The highest BCUT2D eigenvalue weighted by atomic mass is 79.9. The van der Waals surface area contributed by atoms with Gasteiger partial charge in [0.2, 0.25) is 0 Å². The Hall–Kier alpha value is -0.640. The Kier molecular flexibility index (Phi) is 12.1. The van der Waals surface area contributed by atoms with Gasteiger partial charge in [-0.1, -0.05) is 81.8 Å². The lowest BCUT2D eigenvalue weighted by Crippen LogP contribution is -1.97. The van der Waals surface area contributed by atoms with Gasteiger partial charge in [-0.15, -0.1) is 0 Å². The molecule has 2 aromatic rings. The summed E-state index contributed by atoms with van der Waals surface area (Å²) >= 11 is 7.07. The van der Waals surface area contributed by atoms with E-state index in [4.69, 9.17) is 4.74 Å². The van der Waals surface area contributed by atoms with Gasteiger partial charge in [-0.05, 0) is 73.9 Å². The van der Waals surface area contributed by atoms with E-state index in [1.807, 2.05) is 0 Å². The molecule has 0 radical (unpaired) electrons. The van der Waals surface area contributed by atoms with E-state index in [1.54, 1.807) is 0 Å². The van der Waals surface area contributed by atoms with Crippen molar-refractivity contribution < 1.29 is 4.74 Å². The van der Waals surface area contributed by atoms with E-state index in [9.17, 15) is 0 Å². The van der Waals surface area contributed by atoms with E-state index >= 15 is 0 Å². The fourth-order valence-corrected chi connectivity index (χ4v) is 4.15. The molecule has 1 nitrogen and oxygen atoms in total. The van der Waals surface area contributed by atoms with Crippen LogP contribution in [0.5, 0.6) is 0 Å². The lowest BCUT2D eigenvalue weighted by atomic mass is 10.1. The molecule has 0 bridgehead atoms. The standard InChI is InChI=1S/C24H32Br2O/c25-23-15-9-13-21(19-23)11-5-1-3-7-17-27-18-8-4-2-6-12-22-14-10-16-24(26)20-22/h9-10,13-16,19-20H,1-8,11-12,17-18H2. The molecule has 0 aliphatic carbocycles. The summed E-state index contributed by atoms with van der Waals surface area (Å²) in [5.74, 6) is 0. The number of benzene rings is 2. The van der Waals surface area contributed by atoms with Crippen molar-refractivity contribution >= 4 is 31.9 Å². The minimum absolute atomic E-state index is 0.926. The zero-order valence-corrected chi connectivity index (χ0v) is 19.4. The number of hydrogen-bond acceptors (Lipinski definition) is 1. The van der Waals surface area contributed by atoms with Gasteiger partial charge in [0.1, 0.15) is 0 Å². The van der Waals surface area contributed by atoms with Crippen molar-refractivity contribution in [3.05, 3.63) is 68.6 Å². The molecule has 0 aromatic heterocycles. The molecule has 0 atom stereocenters. The van der Waals surface area contributed by atoms with Gasteiger partial charge in [0.15, 0.2) is 0 Å². The van der Waals surface area contributed by atoms with Crippen molar-refractivity contribution in [2.75, 3.05) is 13.2 Å². The van der Waals surface area contributed by atoms with Crippen molar-refractivity contribution in [2.45, 2.75) is 64.2 Å². The summed E-state index contributed by atoms with van der Waals surface area (Å²) in [7, 11) is 0. The number of hydrogen-bond donors (Lipinski definition) is 0. The summed E-state index contributed by atoms with van der Waals surface area (Å²) in [4.78, 5) is 0. The summed E-state index contributed by atoms with van der Waals surface area (Å²) in [6.07, 6.45) is 12.4. The fourth-order valence-electron chi connectivity index (χ4n) is 3.26. The molecule has 0 unspecified atom stereocenters. The van der Waals surface area contributed by atoms with Crippen molar-refractivity contribution in [1.82, 2.24) is 0 Å². The fraction of sp³-hybridized carbons (Fsp3) is 0.500. The molecule has 2 rings (SSSR count). The van der Waals surface area contributed by atoms with E-state index < -0.39 is 0 Å². The van der Waals surface area contributed by atoms with Gasteiger partial charge in [-0.25, -0.2) is 0 Å². The average molecular weight is 496 g/mol. The molecule has 3 heteroatoms. The van der Waals surface area contributed by atoms with Crippen molar-refractivity contribution in [1.29, 1.82) is 0 Å². The highest BCUT2D eigenvalue weighted by Gasteiger charge is 1.97. The Bertz CT molecular complexity index is 586. The molecule has 148 valence electrons. The van der Waals surface area contributed by atoms with Crippen LogP contribution in [0.1, 0.15) is 62.5 Å². The van der Waals surface area contributed by atoms with Gasteiger partial charge in [-0.2, -0.15) is 0 Å². The summed E-state index contributed by atoms with van der Waals surface area (Å²) in [6, 6.07) is 17.3. The Balaban J connectivity index is 1.33. The van der Waals surface area contributed by atoms with Crippen LogP contribution in [-0.2, 0) is 17.6 Å². The molecule has 2 aromatic carbocycles. The van der Waals surface area contributed by atoms with Gasteiger partial charge in [0, 0.05) is 22.2 Å². The van der Waals surface area contributed by atoms with Gasteiger partial charge < -0.3 is 4.74 Å². The molecule has 0 spiro atoms. The van der Waals surface area contributed by atoms with Crippen molar-refractivity contribution in [3.63, 3.8) is 0 Å². The summed E-state index contributed by atoms with van der Waals surface area (Å²) in [6.45, 7) is 1.85. The first-order valence-corrected chi connectivity index (χ1v) is 11.9. The predicted molar refractivity (Wildman–Crippen MR) is 123 cm³/mol. The van der Waals surface area contributed by atoms with Crippen LogP contribution < -0.4 is 0 Å². The number of ether oxygens (including phenoxy) is 1. The first-order valence-electron chi connectivity index (χ1n) is 10.3. The first kappa shape index (κ1) is 22.6. The number of halogens is 2.